The number of anilines is 1. The topological polar surface area (TPSA) is 81.9 Å². The highest BCUT2D eigenvalue weighted by Gasteiger charge is 2.62. The van der Waals surface area contributed by atoms with Crippen LogP contribution < -0.4 is 4.90 Å². The largest absolute Gasteiger partial charge is 0.370 e. The molecule has 0 unspecified atom stereocenters. The van der Waals surface area contributed by atoms with Crippen LogP contribution in [0.25, 0.3) is 11.2 Å². The molecule has 1 saturated heterocycles. The van der Waals surface area contributed by atoms with E-state index in [-0.39, 0.29) is 30.3 Å². The summed E-state index contributed by atoms with van der Waals surface area (Å²) >= 11 is 0. The van der Waals surface area contributed by atoms with Crippen molar-refractivity contribution in [2.45, 2.75) is 57.5 Å². The van der Waals surface area contributed by atoms with Gasteiger partial charge in [0.2, 0.25) is 11.9 Å². The van der Waals surface area contributed by atoms with E-state index in [9.17, 15) is 8.78 Å². The van der Waals surface area contributed by atoms with Crippen LogP contribution in [0.15, 0.2) is 12.4 Å². The van der Waals surface area contributed by atoms with Gasteiger partial charge >= 0.3 is 0 Å². The maximum Gasteiger partial charge on any atom is 0.249 e. The van der Waals surface area contributed by atoms with Crippen molar-refractivity contribution in [3.8, 4) is 0 Å². The number of ether oxygens (including phenoxy) is 1. The zero-order valence-electron chi connectivity index (χ0n) is 19.1. The van der Waals surface area contributed by atoms with E-state index in [2.05, 4.69) is 10.00 Å². The molecule has 0 bridgehead atoms. The quantitative estimate of drug-likeness (QED) is 0.596. The fourth-order valence-electron chi connectivity index (χ4n) is 5.70. The lowest BCUT2D eigenvalue weighted by Crippen LogP contribution is -2.53. The average molecular weight is 456 g/mol. The van der Waals surface area contributed by atoms with E-state index in [0.29, 0.717) is 36.8 Å². The van der Waals surface area contributed by atoms with Gasteiger partial charge in [0.25, 0.3) is 0 Å². The SMILES string of the molecule is Cc1nc2nc(N3CCO[C@H](c4cnn(C)c4)C3)nc(C3CC4(C3)CC(F)(F)C4)c2nc1C. The van der Waals surface area contributed by atoms with Gasteiger partial charge in [0.05, 0.1) is 36.4 Å². The maximum atomic E-state index is 13.5. The molecular weight excluding hydrogens is 428 g/mol. The van der Waals surface area contributed by atoms with Crippen LogP contribution in [0.5, 0.6) is 0 Å². The van der Waals surface area contributed by atoms with E-state index in [1.807, 2.05) is 33.3 Å². The third-order valence-electron chi connectivity index (χ3n) is 7.42. The predicted molar refractivity (Wildman–Crippen MR) is 117 cm³/mol. The second-order valence-electron chi connectivity index (χ2n) is 10.0. The summed E-state index contributed by atoms with van der Waals surface area (Å²) in [6.45, 7) is 5.67. The van der Waals surface area contributed by atoms with Crippen LogP contribution in [-0.2, 0) is 11.8 Å². The van der Waals surface area contributed by atoms with Crippen molar-refractivity contribution in [3.63, 3.8) is 0 Å². The maximum absolute atomic E-state index is 13.5. The summed E-state index contributed by atoms with van der Waals surface area (Å²) in [7, 11) is 1.88. The summed E-state index contributed by atoms with van der Waals surface area (Å²) in [5.41, 5.74) is 4.57. The van der Waals surface area contributed by atoms with E-state index >= 15 is 0 Å². The van der Waals surface area contributed by atoms with Crippen molar-refractivity contribution >= 4 is 17.1 Å². The lowest BCUT2D eigenvalue weighted by atomic mass is 9.49. The van der Waals surface area contributed by atoms with Crippen LogP contribution in [0.2, 0.25) is 0 Å². The monoisotopic (exact) mass is 455 g/mol. The Morgan fingerprint density at radius 1 is 1.06 bits per heavy atom. The van der Waals surface area contributed by atoms with Gasteiger partial charge in [-0.25, -0.2) is 23.7 Å². The molecule has 0 aromatic carbocycles. The molecule has 33 heavy (non-hydrogen) atoms. The summed E-state index contributed by atoms with van der Waals surface area (Å²) in [6.07, 6.45) is 5.10. The van der Waals surface area contributed by atoms with Crippen molar-refractivity contribution < 1.29 is 13.5 Å². The number of hydrogen-bond acceptors (Lipinski definition) is 7. The highest BCUT2D eigenvalue weighted by molar-refractivity contribution is 5.75. The third-order valence-corrected chi connectivity index (χ3v) is 7.42. The minimum absolute atomic E-state index is 0.00750. The van der Waals surface area contributed by atoms with Crippen LogP contribution in [0.4, 0.5) is 14.7 Å². The Balaban J connectivity index is 1.34. The first-order valence-electron chi connectivity index (χ1n) is 11.5. The zero-order chi connectivity index (χ0) is 23.0. The fraction of sp³-hybridized carbons (Fsp3) is 0.609. The van der Waals surface area contributed by atoms with Gasteiger partial charge in [-0.05, 0) is 32.1 Å². The minimum Gasteiger partial charge on any atom is -0.370 e. The molecule has 3 aromatic heterocycles. The molecule has 10 heteroatoms. The van der Waals surface area contributed by atoms with Crippen LogP contribution in [-0.4, -0.2) is 55.3 Å². The average Bonchev–Trinajstić information content (AvgIpc) is 3.17. The Labute approximate surface area is 190 Å². The first-order chi connectivity index (χ1) is 15.7. The summed E-state index contributed by atoms with van der Waals surface area (Å²) in [4.78, 5) is 21.3. The smallest absolute Gasteiger partial charge is 0.249 e. The van der Waals surface area contributed by atoms with Crippen molar-refractivity contribution in [2.24, 2.45) is 12.5 Å². The molecule has 1 aliphatic heterocycles. The van der Waals surface area contributed by atoms with E-state index in [1.54, 1.807) is 4.68 Å². The van der Waals surface area contributed by atoms with Gasteiger partial charge in [-0.15, -0.1) is 0 Å². The van der Waals surface area contributed by atoms with Crippen LogP contribution in [0, 0.1) is 19.3 Å². The number of halogens is 2. The standard InChI is InChI=1S/C23H27F2N7O/c1-13-14(2)28-20-19(27-13)18(15-6-22(7-15)11-23(24,25)12-22)29-21(30-20)32-4-5-33-17(10-32)16-8-26-31(3)9-16/h8-9,15,17H,4-7,10-12H2,1-3H3/t17-/m0/s1. The summed E-state index contributed by atoms with van der Waals surface area (Å²) in [5.74, 6) is -1.80. The molecule has 6 rings (SSSR count). The second-order valence-corrected chi connectivity index (χ2v) is 10.0. The first-order valence-corrected chi connectivity index (χ1v) is 11.5. The van der Waals surface area contributed by atoms with Crippen molar-refractivity contribution in [3.05, 3.63) is 35.0 Å². The van der Waals surface area contributed by atoms with Gasteiger partial charge in [-0.3, -0.25) is 4.68 Å². The van der Waals surface area contributed by atoms with Crippen molar-refractivity contribution in [1.29, 1.82) is 0 Å². The Hall–Kier alpha value is -2.75. The Kier molecular flexibility index (Phi) is 4.50. The van der Waals surface area contributed by atoms with E-state index < -0.39 is 5.92 Å². The first kappa shape index (κ1) is 20.8. The zero-order valence-corrected chi connectivity index (χ0v) is 19.1. The van der Waals surface area contributed by atoms with Gasteiger partial charge in [-0.1, -0.05) is 0 Å². The van der Waals surface area contributed by atoms with Gasteiger partial charge in [-0.2, -0.15) is 10.1 Å². The number of fused-ring (bicyclic) bond motifs is 1. The van der Waals surface area contributed by atoms with Gasteiger partial charge < -0.3 is 9.64 Å². The van der Waals surface area contributed by atoms with E-state index in [0.717, 1.165) is 35.5 Å². The molecule has 4 heterocycles. The highest BCUT2D eigenvalue weighted by Crippen LogP contribution is 2.67. The molecule has 2 saturated carbocycles. The van der Waals surface area contributed by atoms with Gasteiger partial charge in [0, 0.05) is 44.1 Å². The number of hydrogen-bond donors (Lipinski definition) is 0. The molecule has 1 spiro atoms. The molecule has 0 amide bonds. The van der Waals surface area contributed by atoms with Crippen LogP contribution in [0.1, 0.15) is 60.4 Å². The van der Waals surface area contributed by atoms with Crippen molar-refractivity contribution in [2.75, 3.05) is 24.6 Å². The number of aryl methyl sites for hydroxylation is 3. The second kappa shape index (κ2) is 7.12. The molecule has 3 aromatic rings. The molecule has 174 valence electrons. The third kappa shape index (κ3) is 3.55. The number of rotatable bonds is 3. The number of alkyl halides is 2. The molecular formula is C23H27F2N7O. The van der Waals surface area contributed by atoms with Crippen molar-refractivity contribution in [1.82, 2.24) is 29.7 Å². The summed E-state index contributed by atoms with van der Waals surface area (Å²) in [5, 5.41) is 4.26. The van der Waals surface area contributed by atoms with Gasteiger partial charge in [0.15, 0.2) is 5.65 Å². The minimum atomic E-state index is -2.51. The van der Waals surface area contributed by atoms with Crippen LogP contribution >= 0.6 is 0 Å². The highest BCUT2D eigenvalue weighted by atomic mass is 19.3. The molecule has 8 nitrogen and oxygen atoms in total. The summed E-state index contributed by atoms with van der Waals surface area (Å²) < 4.78 is 34.8. The lowest BCUT2D eigenvalue weighted by molar-refractivity contribution is -0.196. The van der Waals surface area contributed by atoms with E-state index in [4.69, 9.17) is 24.7 Å². The number of nitrogens with zero attached hydrogens (tertiary/aromatic N) is 7. The number of aromatic nitrogens is 6. The fourth-order valence-corrected chi connectivity index (χ4v) is 5.70. The molecule has 0 radical (unpaired) electrons. The molecule has 0 N–H and O–H groups in total. The van der Waals surface area contributed by atoms with E-state index in [1.165, 1.54) is 0 Å². The predicted octanol–water partition coefficient (Wildman–Crippen LogP) is 3.64. The van der Waals surface area contributed by atoms with Gasteiger partial charge in [0.1, 0.15) is 11.6 Å². The Bertz CT molecular complexity index is 1230. The molecule has 3 aliphatic rings. The molecule has 2 aliphatic carbocycles. The summed E-state index contributed by atoms with van der Waals surface area (Å²) in [6, 6.07) is 0. The lowest BCUT2D eigenvalue weighted by Gasteiger charge is -2.57. The molecule has 1 atom stereocenters. The Morgan fingerprint density at radius 3 is 2.52 bits per heavy atom. The normalized spacial score (nSPS) is 24.2. The number of morpholine rings is 1. The Morgan fingerprint density at radius 2 is 1.82 bits per heavy atom. The molecule has 3 fully saturated rings. The van der Waals surface area contributed by atoms with Crippen LogP contribution in [0.3, 0.4) is 0 Å².